The van der Waals surface area contributed by atoms with Crippen molar-refractivity contribution in [1.29, 1.82) is 0 Å². The fourth-order valence-corrected chi connectivity index (χ4v) is 2.06. The van der Waals surface area contributed by atoms with Crippen LogP contribution >= 0.6 is 0 Å². The summed E-state index contributed by atoms with van der Waals surface area (Å²) in [7, 11) is 0. The second-order valence-electron chi connectivity index (χ2n) is 5.36. The van der Waals surface area contributed by atoms with Crippen LogP contribution in [0.4, 0.5) is 0 Å². The number of carbonyl (C=O) groups is 1. The van der Waals surface area contributed by atoms with Gasteiger partial charge in [-0.2, -0.15) is 0 Å². The molecule has 4 heteroatoms. The predicted octanol–water partition coefficient (Wildman–Crippen LogP) is 0.962. The van der Waals surface area contributed by atoms with Crippen molar-refractivity contribution in [3.63, 3.8) is 0 Å². The average Bonchev–Trinajstić information content (AvgIpc) is 2.77. The number of likely N-dealkylation sites (tertiary alicyclic amines) is 1. The van der Waals surface area contributed by atoms with Crippen LogP contribution in [0.15, 0.2) is 0 Å². The lowest BCUT2D eigenvalue weighted by molar-refractivity contribution is -0.121. The van der Waals surface area contributed by atoms with Gasteiger partial charge in [-0.3, -0.25) is 4.79 Å². The molecule has 1 saturated heterocycles. The van der Waals surface area contributed by atoms with Crippen LogP contribution in [0.3, 0.4) is 0 Å². The van der Waals surface area contributed by atoms with Crippen molar-refractivity contribution in [3.8, 4) is 0 Å². The lowest BCUT2D eigenvalue weighted by Gasteiger charge is -2.16. The van der Waals surface area contributed by atoms with Crippen molar-refractivity contribution in [1.82, 2.24) is 10.2 Å². The molecule has 1 fully saturated rings. The minimum atomic E-state index is -0.0198. The van der Waals surface area contributed by atoms with Gasteiger partial charge in [-0.1, -0.05) is 13.8 Å². The first-order chi connectivity index (χ1) is 8.09. The number of carbonyl (C=O) groups excluding carboxylic acids is 1. The van der Waals surface area contributed by atoms with Gasteiger partial charge in [-0.05, 0) is 44.8 Å². The second-order valence-corrected chi connectivity index (χ2v) is 5.36. The lowest BCUT2D eigenvalue weighted by Crippen LogP contribution is -2.35. The van der Waals surface area contributed by atoms with E-state index in [1.54, 1.807) is 0 Å². The van der Waals surface area contributed by atoms with Crippen molar-refractivity contribution in [2.45, 2.75) is 45.6 Å². The van der Waals surface area contributed by atoms with Crippen LogP contribution in [0.1, 0.15) is 39.5 Å². The summed E-state index contributed by atoms with van der Waals surface area (Å²) in [5.41, 5.74) is 5.85. The maximum atomic E-state index is 11.5. The van der Waals surface area contributed by atoms with E-state index in [9.17, 15) is 4.79 Å². The molecule has 100 valence electrons. The van der Waals surface area contributed by atoms with E-state index >= 15 is 0 Å². The normalized spacial score (nSPS) is 18.6. The van der Waals surface area contributed by atoms with Gasteiger partial charge in [0.1, 0.15) is 0 Å². The zero-order valence-corrected chi connectivity index (χ0v) is 11.2. The molecule has 1 aliphatic rings. The van der Waals surface area contributed by atoms with E-state index in [-0.39, 0.29) is 11.9 Å². The highest BCUT2D eigenvalue weighted by atomic mass is 16.1. The van der Waals surface area contributed by atoms with E-state index in [1.165, 1.54) is 25.9 Å². The maximum Gasteiger partial charge on any atom is 0.221 e. The summed E-state index contributed by atoms with van der Waals surface area (Å²) in [5, 5.41) is 2.95. The molecule has 1 aliphatic heterocycles. The molecule has 0 aliphatic carbocycles. The van der Waals surface area contributed by atoms with E-state index in [0.717, 1.165) is 19.5 Å². The molecule has 0 aromatic carbocycles. The highest BCUT2D eigenvalue weighted by Crippen LogP contribution is 2.07. The molecule has 0 aromatic rings. The lowest BCUT2D eigenvalue weighted by atomic mass is 10.0. The number of nitrogens with zero attached hydrogens (tertiary/aromatic N) is 1. The maximum absolute atomic E-state index is 11.5. The zero-order valence-electron chi connectivity index (χ0n) is 11.2. The Labute approximate surface area is 105 Å². The fourth-order valence-electron chi connectivity index (χ4n) is 2.06. The molecule has 17 heavy (non-hydrogen) atoms. The summed E-state index contributed by atoms with van der Waals surface area (Å²) in [4.78, 5) is 14.0. The Kier molecular flexibility index (Phi) is 6.52. The van der Waals surface area contributed by atoms with Gasteiger partial charge in [0, 0.05) is 19.0 Å². The van der Waals surface area contributed by atoms with Gasteiger partial charge >= 0.3 is 0 Å². The minimum absolute atomic E-state index is 0.0198. The highest BCUT2D eigenvalue weighted by Gasteiger charge is 2.13. The fraction of sp³-hybridized carbons (Fsp3) is 0.923. The van der Waals surface area contributed by atoms with Crippen LogP contribution in [-0.4, -0.2) is 43.0 Å². The summed E-state index contributed by atoms with van der Waals surface area (Å²) in [5.74, 6) is 0.456. The Morgan fingerprint density at radius 3 is 2.59 bits per heavy atom. The summed E-state index contributed by atoms with van der Waals surface area (Å²) in [6.45, 7) is 8.44. The molecule has 0 bridgehead atoms. The van der Waals surface area contributed by atoms with Crippen molar-refractivity contribution in [2.24, 2.45) is 11.7 Å². The van der Waals surface area contributed by atoms with E-state index in [4.69, 9.17) is 5.73 Å². The van der Waals surface area contributed by atoms with Gasteiger partial charge in [0.15, 0.2) is 0 Å². The van der Waals surface area contributed by atoms with Crippen LogP contribution in [0.2, 0.25) is 0 Å². The van der Waals surface area contributed by atoms with Crippen LogP contribution in [0.25, 0.3) is 0 Å². The molecular formula is C13H27N3O. The molecule has 1 amide bonds. The molecule has 4 nitrogen and oxygen atoms in total. The number of nitrogens with two attached hydrogens (primary N) is 1. The molecule has 1 unspecified atom stereocenters. The summed E-state index contributed by atoms with van der Waals surface area (Å²) in [6, 6.07) is -0.0198. The number of rotatable bonds is 7. The minimum Gasteiger partial charge on any atom is -0.356 e. The van der Waals surface area contributed by atoms with Gasteiger partial charge in [0.2, 0.25) is 5.91 Å². The molecule has 0 spiro atoms. The summed E-state index contributed by atoms with van der Waals surface area (Å²) < 4.78 is 0. The molecule has 0 saturated carbocycles. The third-order valence-electron chi connectivity index (χ3n) is 3.45. The smallest absolute Gasteiger partial charge is 0.221 e. The third-order valence-corrected chi connectivity index (χ3v) is 3.45. The van der Waals surface area contributed by atoms with Crippen molar-refractivity contribution in [3.05, 3.63) is 0 Å². The van der Waals surface area contributed by atoms with E-state index in [1.807, 2.05) is 13.8 Å². The third kappa shape index (κ3) is 6.03. The first-order valence-corrected chi connectivity index (χ1v) is 6.84. The van der Waals surface area contributed by atoms with Crippen LogP contribution in [0.5, 0.6) is 0 Å². The largest absolute Gasteiger partial charge is 0.356 e. The molecule has 1 atom stereocenters. The summed E-state index contributed by atoms with van der Waals surface area (Å²) >= 11 is 0. The number of hydrogen-bond donors (Lipinski definition) is 2. The van der Waals surface area contributed by atoms with Gasteiger partial charge < -0.3 is 16.0 Å². The van der Waals surface area contributed by atoms with Crippen molar-refractivity contribution >= 4 is 5.91 Å². The molecule has 0 radical (unpaired) electrons. The molecule has 1 heterocycles. The number of amides is 1. The van der Waals surface area contributed by atoms with Crippen LogP contribution in [-0.2, 0) is 4.79 Å². The Morgan fingerprint density at radius 2 is 2.00 bits per heavy atom. The Balaban J connectivity index is 1.99. The molecule has 0 aromatic heterocycles. The van der Waals surface area contributed by atoms with Crippen LogP contribution < -0.4 is 11.1 Å². The number of hydrogen-bond acceptors (Lipinski definition) is 3. The Morgan fingerprint density at radius 1 is 1.35 bits per heavy atom. The summed E-state index contributed by atoms with van der Waals surface area (Å²) in [6.07, 6.45) is 4.15. The van der Waals surface area contributed by atoms with E-state index in [2.05, 4.69) is 10.2 Å². The van der Waals surface area contributed by atoms with E-state index in [0.29, 0.717) is 12.3 Å². The standard InChI is InChI=1S/C13H27N3O/c1-11(2)12(14)10-13(17)15-6-5-9-16-7-3-4-8-16/h11-12H,3-10,14H2,1-2H3,(H,15,17). The number of nitrogens with one attached hydrogen (secondary N) is 1. The van der Waals surface area contributed by atoms with Gasteiger partial charge in [-0.15, -0.1) is 0 Å². The first-order valence-electron chi connectivity index (χ1n) is 6.84. The zero-order chi connectivity index (χ0) is 12.7. The molecule has 1 rings (SSSR count). The van der Waals surface area contributed by atoms with Crippen molar-refractivity contribution < 1.29 is 4.79 Å². The van der Waals surface area contributed by atoms with Gasteiger partial charge in [0.25, 0.3) is 0 Å². The van der Waals surface area contributed by atoms with Crippen LogP contribution in [0, 0.1) is 5.92 Å². The SMILES string of the molecule is CC(C)C(N)CC(=O)NCCCN1CCCC1. The Bertz CT molecular complexity index is 225. The Hall–Kier alpha value is -0.610. The van der Waals surface area contributed by atoms with E-state index < -0.39 is 0 Å². The average molecular weight is 241 g/mol. The monoisotopic (exact) mass is 241 g/mol. The first kappa shape index (κ1) is 14.5. The highest BCUT2D eigenvalue weighted by molar-refractivity contribution is 5.76. The van der Waals surface area contributed by atoms with Gasteiger partial charge in [0.05, 0.1) is 0 Å². The quantitative estimate of drug-likeness (QED) is 0.653. The predicted molar refractivity (Wildman–Crippen MR) is 70.7 cm³/mol. The second kappa shape index (κ2) is 7.67. The molecular weight excluding hydrogens is 214 g/mol. The van der Waals surface area contributed by atoms with Gasteiger partial charge in [-0.25, -0.2) is 0 Å². The van der Waals surface area contributed by atoms with Crippen molar-refractivity contribution in [2.75, 3.05) is 26.2 Å². The topological polar surface area (TPSA) is 58.4 Å². The molecule has 3 N–H and O–H groups in total.